The highest BCUT2D eigenvalue weighted by Gasteiger charge is 2.41. The van der Waals surface area contributed by atoms with E-state index in [1.165, 1.54) is 22.7 Å². The van der Waals surface area contributed by atoms with Crippen molar-refractivity contribution in [3.8, 4) is 0 Å². The predicted molar refractivity (Wildman–Crippen MR) is 157 cm³/mol. The third-order valence-corrected chi connectivity index (χ3v) is 7.99. The van der Waals surface area contributed by atoms with Gasteiger partial charge in [0, 0.05) is 44.0 Å². The lowest BCUT2D eigenvalue weighted by atomic mass is 9.85. The molecule has 3 atom stereocenters. The van der Waals surface area contributed by atoms with Crippen molar-refractivity contribution in [1.82, 2.24) is 24.5 Å². The standard InChI is InChI=1S/C32H42FN5O3/c1-6-22(2)29(39)35-28(32(3,4)5)31(41)38-17-10-13-25(38)20-36(18-16-23-11-8-7-9-12-23)30(40)26-21-37-19-24(33)14-15-27(37)34-26/h7-9,11-12,14-15,19,21-22,25,28H,6,10,13,16-18,20H2,1-5H3,(H,35,39)/t22-,25+,28-/m1/s1. The number of aromatic nitrogens is 2. The molecule has 3 heterocycles. The normalized spacial score (nSPS) is 16.9. The second kappa shape index (κ2) is 12.8. The van der Waals surface area contributed by atoms with Crippen LogP contribution in [0.5, 0.6) is 0 Å². The van der Waals surface area contributed by atoms with Gasteiger partial charge in [0.25, 0.3) is 5.91 Å². The number of benzene rings is 1. The van der Waals surface area contributed by atoms with Gasteiger partial charge in [-0.25, -0.2) is 9.37 Å². The van der Waals surface area contributed by atoms with Crippen LogP contribution in [0.4, 0.5) is 4.39 Å². The Morgan fingerprint density at radius 2 is 1.85 bits per heavy atom. The Hall–Kier alpha value is -3.75. The van der Waals surface area contributed by atoms with E-state index in [4.69, 9.17) is 0 Å². The Morgan fingerprint density at radius 1 is 1.12 bits per heavy atom. The summed E-state index contributed by atoms with van der Waals surface area (Å²) >= 11 is 0. The molecule has 0 bridgehead atoms. The van der Waals surface area contributed by atoms with E-state index in [0.29, 0.717) is 38.1 Å². The summed E-state index contributed by atoms with van der Waals surface area (Å²) in [5.74, 6) is -1.10. The van der Waals surface area contributed by atoms with Crippen molar-refractivity contribution in [1.29, 1.82) is 0 Å². The third-order valence-electron chi connectivity index (χ3n) is 7.99. The van der Waals surface area contributed by atoms with Crippen LogP contribution in [0.3, 0.4) is 0 Å². The molecule has 1 aliphatic heterocycles. The van der Waals surface area contributed by atoms with Crippen molar-refractivity contribution in [2.24, 2.45) is 11.3 Å². The fourth-order valence-corrected chi connectivity index (χ4v) is 5.27. The van der Waals surface area contributed by atoms with Crippen LogP contribution >= 0.6 is 0 Å². The number of amides is 3. The van der Waals surface area contributed by atoms with Crippen molar-refractivity contribution in [2.75, 3.05) is 19.6 Å². The third kappa shape index (κ3) is 7.31. The first kappa shape index (κ1) is 30.2. The zero-order chi connectivity index (χ0) is 29.7. The second-order valence-corrected chi connectivity index (χ2v) is 12.2. The smallest absolute Gasteiger partial charge is 0.274 e. The molecule has 0 spiro atoms. The number of nitrogens with zero attached hydrogens (tertiary/aromatic N) is 4. The molecule has 9 heteroatoms. The zero-order valence-corrected chi connectivity index (χ0v) is 24.8. The number of carbonyl (C=O) groups excluding carboxylic acids is 3. The van der Waals surface area contributed by atoms with Crippen LogP contribution in [-0.2, 0) is 16.0 Å². The summed E-state index contributed by atoms with van der Waals surface area (Å²) in [6, 6.07) is 11.9. The van der Waals surface area contributed by atoms with E-state index >= 15 is 0 Å². The molecule has 1 fully saturated rings. The van der Waals surface area contributed by atoms with Crippen LogP contribution in [-0.4, -0.2) is 68.6 Å². The Kier molecular flexibility index (Phi) is 9.46. The maximum Gasteiger partial charge on any atom is 0.274 e. The molecule has 0 unspecified atom stereocenters. The van der Waals surface area contributed by atoms with Gasteiger partial charge in [-0.05, 0) is 48.8 Å². The summed E-state index contributed by atoms with van der Waals surface area (Å²) < 4.78 is 15.3. The lowest BCUT2D eigenvalue weighted by Gasteiger charge is -2.37. The number of carbonyl (C=O) groups is 3. The average Bonchev–Trinajstić information content (AvgIpc) is 3.59. The Bertz CT molecular complexity index is 1370. The van der Waals surface area contributed by atoms with Crippen molar-refractivity contribution in [3.63, 3.8) is 0 Å². The molecule has 2 aromatic heterocycles. The summed E-state index contributed by atoms with van der Waals surface area (Å²) in [4.78, 5) is 48.6. The molecule has 1 saturated heterocycles. The monoisotopic (exact) mass is 563 g/mol. The molecule has 0 saturated carbocycles. The minimum Gasteiger partial charge on any atom is -0.344 e. The highest BCUT2D eigenvalue weighted by atomic mass is 19.1. The van der Waals surface area contributed by atoms with Crippen molar-refractivity contribution >= 4 is 23.4 Å². The maximum atomic E-state index is 14.0. The lowest BCUT2D eigenvalue weighted by molar-refractivity contribution is -0.141. The lowest BCUT2D eigenvalue weighted by Crippen LogP contribution is -2.57. The van der Waals surface area contributed by atoms with Gasteiger partial charge in [-0.15, -0.1) is 0 Å². The van der Waals surface area contributed by atoms with E-state index in [9.17, 15) is 18.8 Å². The number of nitrogens with one attached hydrogen (secondary N) is 1. The summed E-state index contributed by atoms with van der Waals surface area (Å²) in [6.07, 6.45) is 5.76. The fraction of sp³-hybridized carbons (Fsp3) is 0.500. The van der Waals surface area contributed by atoms with Gasteiger partial charge in [-0.2, -0.15) is 0 Å². The highest BCUT2D eigenvalue weighted by Crippen LogP contribution is 2.27. The first-order valence-electron chi connectivity index (χ1n) is 14.6. The molecule has 1 N–H and O–H groups in total. The van der Waals surface area contributed by atoms with Gasteiger partial charge < -0.3 is 19.5 Å². The zero-order valence-electron chi connectivity index (χ0n) is 24.8. The molecular formula is C32H42FN5O3. The van der Waals surface area contributed by atoms with Crippen molar-refractivity contribution in [2.45, 2.75) is 72.4 Å². The van der Waals surface area contributed by atoms with Crippen LogP contribution < -0.4 is 5.32 Å². The van der Waals surface area contributed by atoms with Crippen LogP contribution in [0, 0.1) is 17.2 Å². The van der Waals surface area contributed by atoms with Gasteiger partial charge in [0.2, 0.25) is 11.8 Å². The van der Waals surface area contributed by atoms with E-state index < -0.39 is 17.3 Å². The molecule has 0 radical (unpaired) electrons. The molecule has 4 rings (SSSR count). The Labute approximate surface area is 241 Å². The van der Waals surface area contributed by atoms with Gasteiger partial charge in [-0.3, -0.25) is 14.4 Å². The minimum absolute atomic E-state index is 0.115. The minimum atomic E-state index is -0.675. The van der Waals surface area contributed by atoms with E-state index in [1.54, 1.807) is 11.1 Å². The topological polar surface area (TPSA) is 87.0 Å². The molecule has 8 nitrogen and oxygen atoms in total. The number of hydrogen-bond acceptors (Lipinski definition) is 4. The molecule has 3 amide bonds. The summed E-state index contributed by atoms with van der Waals surface area (Å²) in [5.41, 5.74) is 1.33. The molecule has 3 aromatic rings. The molecule has 1 aliphatic rings. The van der Waals surface area contributed by atoms with Crippen molar-refractivity contribution in [3.05, 3.63) is 71.9 Å². The SMILES string of the molecule is CC[C@@H](C)C(=O)N[C@H](C(=O)N1CCC[C@H]1CN(CCc1ccccc1)C(=O)c1cn2cc(F)ccc2n1)C(C)(C)C. The molecule has 1 aromatic carbocycles. The fourth-order valence-electron chi connectivity index (χ4n) is 5.27. The van der Waals surface area contributed by atoms with Gasteiger partial charge in [-0.1, -0.05) is 65.0 Å². The quantitative estimate of drug-likeness (QED) is 0.387. The number of hydrogen-bond donors (Lipinski definition) is 1. The van der Waals surface area contributed by atoms with Gasteiger partial charge in [0.05, 0.1) is 0 Å². The summed E-state index contributed by atoms with van der Waals surface area (Å²) in [6.45, 7) is 11.0. The summed E-state index contributed by atoms with van der Waals surface area (Å²) in [7, 11) is 0. The van der Waals surface area contributed by atoms with Gasteiger partial charge in [0.1, 0.15) is 23.2 Å². The average molecular weight is 564 g/mol. The predicted octanol–water partition coefficient (Wildman–Crippen LogP) is 4.73. The number of rotatable bonds is 10. The molecular weight excluding hydrogens is 521 g/mol. The van der Waals surface area contributed by atoms with E-state index in [2.05, 4.69) is 10.3 Å². The number of likely N-dealkylation sites (tertiary alicyclic amines) is 1. The van der Waals surface area contributed by atoms with Crippen LogP contribution in [0.15, 0.2) is 54.9 Å². The first-order chi connectivity index (χ1) is 19.5. The number of halogens is 1. The molecule has 41 heavy (non-hydrogen) atoms. The molecule has 0 aliphatic carbocycles. The van der Waals surface area contributed by atoms with E-state index in [-0.39, 0.29) is 35.4 Å². The maximum absolute atomic E-state index is 14.0. The Morgan fingerprint density at radius 3 is 2.54 bits per heavy atom. The van der Waals surface area contributed by atoms with Crippen LogP contribution in [0.25, 0.3) is 5.65 Å². The van der Waals surface area contributed by atoms with E-state index in [0.717, 1.165) is 18.4 Å². The van der Waals surface area contributed by atoms with Crippen LogP contribution in [0.2, 0.25) is 0 Å². The van der Waals surface area contributed by atoms with Gasteiger partial charge in [0.15, 0.2) is 0 Å². The number of fused-ring (bicyclic) bond motifs is 1. The summed E-state index contributed by atoms with van der Waals surface area (Å²) in [5, 5.41) is 3.02. The highest BCUT2D eigenvalue weighted by molar-refractivity contribution is 5.93. The largest absolute Gasteiger partial charge is 0.344 e. The van der Waals surface area contributed by atoms with E-state index in [1.807, 2.05) is 69.9 Å². The second-order valence-electron chi connectivity index (χ2n) is 12.2. The number of pyridine rings is 1. The van der Waals surface area contributed by atoms with Crippen LogP contribution in [0.1, 0.15) is 69.9 Å². The number of imidazole rings is 1. The first-order valence-corrected chi connectivity index (χ1v) is 14.6. The van der Waals surface area contributed by atoms with Crippen molar-refractivity contribution < 1.29 is 18.8 Å². The molecule has 220 valence electrons. The van der Waals surface area contributed by atoms with Gasteiger partial charge >= 0.3 is 0 Å². The Balaban J connectivity index is 1.57.